The zero-order chi connectivity index (χ0) is 8.36. The molecule has 0 radical (unpaired) electrons. The van der Waals surface area contributed by atoms with E-state index in [9.17, 15) is 22.9 Å². The van der Waals surface area contributed by atoms with Gasteiger partial charge in [0.05, 0.1) is 10.1 Å². The molecule has 0 saturated heterocycles. The van der Waals surface area contributed by atoms with Gasteiger partial charge in [-0.05, 0) is 6.42 Å². The fourth-order valence-electron chi connectivity index (χ4n) is 0.288. The molecule has 0 saturated carbocycles. The molecule has 0 aromatic rings. The number of carboxylic acid groups (broad SMARTS) is 1. The van der Waals surface area contributed by atoms with Gasteiger partial charge in [0.25, 0.3) is 0 Å². The van der Waals surface area contributed by atoms with Gasteiger partial charge < -0.3 is 21.4 Å². The number of carbonyl (C=O) groups excluding carboxylic acids is 1. The summed E-state index contributed by atoms with van der Waals surface area (Å²) in [5, 5.41) is 8.05. The van der Waals surface area contributed by atoms with E-state index in [1.807, 2.05) is 0 Å². The van der Waals surface area contributed by atoms with Crippen LogP contribution in [0.5, 0.6) is 0 Å². The Balaban J connectivity index is -0.000000135. The Labute approximate surface area is 144 Å². The van der Waals surface area contributed by atoms with Crippen molar-refractivity contribution >= 4 is 16.1 Å². The molecule has 5 nitrogen and oxygen atoms in total. The van der Waals surface area contributed by atoms with Gasteiger partial charge in [-0.2, -0.15) is 0 Å². The third kappa shape index (κ3) is 14.4. The van der Waals surface area contributed by atoms with Gasteiger partial charge in [-0.1, -0.05) is 5.25 Å². The standard InChI is InChI=1S/C4H7O5S.3Na/c1-3(2-4(5)6)10(7,8)9;;;/h3H,1-2H2,(H,5,6)(H,7,8,9);;;/q-1;3*+1/p-2. The summed E-state index contributed by atoms with van der Waals surface area (Å²) in [5.74, 6) is -1.60. The molecule has 0 aliphatic carbocycles. The maximum atomic E-state index is 9.96. The van der Waals surface area contributed by atoms with Gasteiger partial charge in [-0.3, -0.25) is 0 Å². The predicted molar refractivity (Wildman–Crippen MR) is 28.5 cm³/mol. The minimum Gasteiger partial charge on any atom is -0.750 e. The number of rotatable bonds is 3. The van der Waals surface area contributed by atoms with E-state index in [0.29, 0.717) is 0 Å². The van der Waals surface area contributed by atoms with Crippen molar-refractivity contribution < 1.29 is 112 Å². The zero-order valence-electron chi connectivity index (χ0n) is 7.94. The Morgan fingerprint density at radius 1 is 1.31 bits per heavy atom. The minimum atomic E-state index is -4.58. The van der Waals surface area contributed by atoms with Gasteiger partial charge in [0.1, 0.15) is 0 Å². The Bertz CT molecular complexity index is 226. The fraction of sp³-hybridized carbons (Fsp3) is 0.500. The molecule has 0 fully saturated rings. The second-order valence-electron chi connectivity index (χ2n) is 1.69. The topological polar surface area (TPSA) is 97.3 Å². The van der Waals surface area contributed by atoms with Crippen LogP contribution in [-0.2, 0) is 14.9 Å². The molecule has 0 aromatic heterocycles. The van der Waals surface area contributed by atoms with Gasteiger partial charge >= 0.3 is 88.7 Å². The van der Waals surface area contributed by atoms with Crippen LogP contribution < -0.4 is 93.8 Å². The molecule has 0 spiro atoms. The van der Waals surface area contributed by atoms with E-state index in [1.54, 1.807) is 0 Å². The first-order chi connectivity index (χ1) is 4.34. The summed E-state index contributed by atoms with van der Waals surface area (Å²) in [4.78, 5) is 9.70. The van der Waals surface area contributed by atoms with Crippen molar-refractivity contribution in [3.05, 3.63) is 6.92 Å². The monoisotopic (exact) mass is 234 g/mol. The van der Waals surface area contributed by atoms with Gasteiger partial charge in [0, 0.05) is 5.97 Å². The summed E-state index contributed by atoms with van der Waals surface area (Å²) in [6.07, 6.45) is -0.855. The number of aliphatic carboxylic acids is 1. The Morgan fingerprint density at radius 2 is 1.62 bits per heavy atom. The third-order valence-electron chi connectivity index (χ3n) is 0.803. The Hall–Kier alpha value is 2.38. The molecular formula is C4H5Na3O5S. The van der Waals surface area contributed by atoms with E-state index in [4.69, 9.17) is 0 Å². The third-order valence-corrected chi connectivity index (χ3v) is 1.79. The largest absolute Gasteiger partial charge is 1.00 e. The van der Waals surface area contributed by atoms with Crippen molar-refractivity contribution in [2.75, 3.05) is 0 Å². The van der Waals surface area contributed by atoms with Crippen molar-refractivity contribution in [2.45, 2.75) is 11.7 Å². The molecule has 60 valence electrons. The van der Waals surface area contributed by atoms with Crippen molar-refractivity contribution in [1.82, 2.24) is 0 Å². The van der Waals surface area contributed by atoms with Crippen molar-refractivity contribution in [2.24, 2.45) is 0 Å². The molecule has 0 bridgehead atoms. The molecule has 9 heteroatoms. The van der Waals surface area contributed by atoms with Gasteiger partial charge in [-0.15, -0.1) is 0 Å². The zero-order valence-corrected chi connectivity index (χ0v) is 14.8. The van der Waals surface area contributed by atoms with Crippen LogP contribution in [-0.4, -0.2) is 24.2 Å². The first-order valence-corrected chi connectivity index (χ1v) is 3.79. The minimum absolute atomic E-state index is 0. The molecule has 0 rings (SSSR count). The van der Waals surface area contributed by atoms with E-state index >= 15 is 0 Å². The van der Waals surface area contributed by atoms with Crippen LogP contribution in [0.25, 0.3) is 0 Å². The predicted octanol–water partition coefficient (Wildman–Crippen LogP) is -11.1. The molecule has 13 heavy (non-hydrogen) atoms. The smallest absolute Gasteiger partial charge is 0.750 e. The molecule has 0 heterocycles. The van der Waals surface area contributed by atoms with Crippen LogP contribution in [0.3, 0.4) is 0 Å². The quantitative estimate of drug-likeness (QED) is 0.274. The van der Waals surface area contributed by atoms with Gasteiger partial charge in [-0.25, -0.2) is 8.42 Å². The van der Waals surface area contributed by atoms with Crippen LogP contribution in [0.15, 0.2) is 0 Å². The normalized spacial score (nSPS) is 11.2. The summed E-state index contributed by atoms with van der Waals surface area (Å²) >= 11 is 0. The molecular weight excluding hydrogens is 229 g/mol. The average molecular weight is 234 g/mol. The molecule has 0 amide bonds. The first kappa shape index (κ1) is 24.6. The number of carbonyl (C=O) groups is 1. The summed E-state index contributed by atoms with van der Waals surface area (Å²) in [5.41, 5.74) is 0. The summed E-state index contributed by atoms with van der Waals surface area (Å²) < 4.78 is 29.9. The second-order valence-corrected chi connectivity index (χ2v) is 3.34. The van der Waals surface area contributed by atoms with Crippen LogP contribution in [0.4, 0.5) is 0 Å². The van der Waals surface area contributed by atoms with E-state index in [-0.39, 0.29) is 88.7 Å². The van der Waals surface area contributed by atoms with Crippen LogP contribution >= 0.6 is 0 Å². The van der Waals surface area contributed by atoms with E-state index in [1.165, 1.54) is 0 Å². The van der Waals surface area contributed by atoms with Crippen molar-refractivity contribution in [3.8, 4) is 0 Å². The number of hydrogen-bond acceptors (Lipinski definition) is 5. The second kappa shape index (κ2) is 10.9. The van der Waals surface area contributed by atoms with Gasteiger partial charge in [0.2, 0.25) is 0 Å². The first-order valence-electron chi connectivity index (χ1n) is 2.31. The molecule has 0 N–H and O–H groups in total. The van der Waals surface area contributed by atoms with Gasteiger partial charge in [0.15, 0.2) is 0 Å². The summed E-state index contributed by atoms with van der Waals surface area (Å²) in [6.45, 7) is 2.83. The molecule has 0 aliphatic rings. The summed E-state index contributed by atoms with van der Waals surface area (Å²) in [6, 6.07) is 0. The van der Waals surface area contributed by atoms with E-state index in [2.05, 4.69) is 6.92 Å². The molecule has 0 aromatic carbocycles. The average Bonchev–Trinajstić information content (AvgIpc) is 1.60. The number of carboxylic acids is 1. The van der Waals surface area contributed by atoms with Crippen LogP contribution in [0.2, 0.25) is 0 Å². The van der Waals surface area contributed by atoms with Crippen LogP contribution in [0, 0.1) is 6.92 Å². The fourth-order valence-corrected chi connectivity index (χ4v) is 0.628. The van der Waals surface area contributed by atoms with Crippen molar-refractivity contribution in [1.29, 1.82) is 0 Å². The maximum Gasteiger partial charge on any atom is 1.00 e. The Kier molecular flexibility index (Phi) is 20.6. The molecule has 1 atom stereocenters. The van der Waals surface area contributed by atoms with E-state index in [0.717, 1.165) is 0 Å². The SMILES string of the molecule is [CH2-]C(CC(=O)[O-])S(=O)(=O)[O-].[Na+].[Na+].[Na+]. The molecule has 0 aliphatic heterocycles. The molecule has 1 unspecified atom stereocenters. The van der Waals surface area contributed by atoms with E-state index < -0.39 is 27.8 Å². The summed E-state index contributed by atoms with van der Waals surface area (Å²) in [7, 11) is -4.58. The Morgan fingerprint density at radius 3 is 1.69 bits per heavy atom. The van der Waals surface area contributed by atoms with Crippen molar-refractivity contribution in [3.63, 3.8) is 0 Å². The number of hydrogen-bond donors (Lipinski definition) is 0. The maximum absolute atomic E-state index is 9.96. The van der Waals surface area contributed by atoms with Crippen LogP contribution in [0.1, 0.15) is 6.42 Å².